The van der Waals surface area contributed by atoms with Crippen molar-refractivity contribution < 1.29 is 19.4 Å². The van der Waals surface area contributed by atoms with Gasteiger partial charge in [0.1, 0.15) is 5.82 Å². The van der Waals surface area contributed by atoms with Crippen molar-refractivity contribution in [2.75, 3.05) is 51.8 Å². The number of nitrogens with zero attached hydrogens (tertiary/aromatic N) is 3. The predicted octanol–water partition coefficient (Wildman–Crippen LogP) is 3.76. The van der Waals surface area contributed by atoms with Gasteiger partial charge < -0.3 is 30.1 Å². The number of anilines is 1. The minimum absolute atomic E-state index is 0.0465. The summed E-state index contributed by atoms with van der Waals surface area (Å²) in [7, 11) is 1.63. The monoisotopic (exact) mass is 525 g/mol. The van der Waals surface area contributed by atoms with E-state index in [0.717, 1.165) is 75.2 Å². The average Bonchev–Trinajstić information content (AvgIpc) is 2.91. The maximum absolute atomic E-state index is 13.3. The first-order chi connectivity index (χ1) is 18.5. The Labute approximate surface area is 226 Å². The molecule has 1 saturated heterocycles. The number of piperidine rings is 1. The minimum atomic E-state index is -0.455. The van der Waals surface area contributed by atoms with E-state index in [-0.39, 0.29) is 17.7 Å². The summed E-state index contributed by atoms with van der Waals surface area (Å²) in [6, 6.07) is 3.66. The molecule has 1 aromatic carbocycles. The zero-order valence-corrected chi connectivity index (χ0v) is 23.0. The molecule has 0 spiro atoms. The number of benzene rings is 1. The van der Waals surface area contributed by atoms with E-state index in [1.165, 1.54) is 0 Å². The van der Waals surface area contributed by atoms with E-state index in [1.54, 1.807) is 19.5 Å². The van der Waals surface area contributed by atoms with Gasteiger partial charge in [-0.15, -0.1) is 0 Å². The molecule has 0 radical (unpaired) electrons. The van der Waals surface area contributed by atoms with Crippen molar-refractivity contribution in [3.63, 3.8) is 0 Å². The second kappa shape index (κ2) is 13.8. The number of methoxy groups -OCH3 is 1. The van der Waals surface area contributed by atoms with Gasteiger partial charge >= 0.3 is 0 Å². The number of hydrogen-bond donors (Lipinski definition) is 3. The van der Waals surface area contributed by atoms with Crippen molar-refractivity contribution in [1.29, 1.82) is 0 Å². The predicted molar refractivity (Wildman–Crippen MR) is 148 cm³/mol. The zero-order valence-electron chi connectivity index (χ0n) is 23.0. The first-order valence-electron chi connectivity index (χ1n) is 14.0. The fourth-order valence-electron chi connectivity index (χ4n) is 5.50. The summed E-state index contributed by atoms with van der Waals surface area (Å²) in [4.78, 5) is 24.2. The molecule has 3 N–H and O–H groups in total. The molecule has 1 amide bonds. The summed E-state index contributed by atoms with van der Waals surface area (Å²) in [6.45, 7) is 8.56. The van der Waals surface area contributed by atoms with Crippen LogP contribution in [0.3, 0.4) is 0 Å². The van der Waals surface area contributed by atoms with E-state index in [9.17, 15) is 9.90 Å². The number of aliphatic hydroxyl groups is 1. The second-order valence-corrected chi connectivity index (χ2v) is 10.6. The van der Waals surface area contributed by atoms with E-state index in [0.29, 0.717) is 36.8 Å². The molecule has 3 atom stereocenters. The van der Waals surface area contributed by atoms with Gasteiger partial charge in [-0.05, 0) is 76.6 Å². The summed E-state index contributed by atoms with van der Waals surface area (Å²) in [5, 5.41) is 17.3. The average molecular weight is 526 g/mol. The molecule has 0 aliphatic carbocycles. The van der Waals surface area contributed by atoms with Crippen LogP contribution in [0.5, 0.6) is 11.5 Å². The number of likely N-dealkylation sites (tertiary alicyclic amines) is 1. The van der Waals surface area contributed by atoms with Gasteiger partial charge in [0, 0.05) is 49.1 Å². The number of β-amino-alcohol motifs (C(OH)–C–C–N with tert-alkyl or cyclic N) is 1. The fraction of sp³-hybridized carbons (Fsp3) is 0.621. The van der Waals surface area contributed by atoms with Crippen LogP contribution in [0.2, 0.25) is 0 Å². The Kier molecular flexibility index (Phi) is 10.2. The van der Waals surface area contributed by atoms with Gasteiger partial charge in [-0.1, -0.05) is 6.92 Å². The number of nitrogens with one attached hydrogen (secondary N) is 2. The normalized spacial score (nSPS) is 21.9. The molecule has 1 aromatic heterocycles. The quantitative estimate of drug-likeness (QED) is 0.403. The smallest absolute Gasteiger partial charge is 0.251 e. The number of rotatable bonds is 10. The Morgan fingerprint density at radius 1 is 1.21 bits per heavy atom. The van der Waals surface area contributed by atoms with E-state index >= 15 is 0 Å². The number of aryl methyl sites for hydroxylation is 1. The van der Waals surface area contributed by atoms with Gasteiger partial charge in [-0.25, -0.2) is 4.98 Å². The molecule has 4 rings (SSSR count). The first kappa shape index (κ1) is 28.1. The van der Waals surface area contributed by atoms with Crippen molar-refractivity contribution in [3.8, 4) is 11.5 Å². The highest BCUT2D eigenvalue weighted by Gasteiger charge is 2.29. The van der Waals surface area contributed by atoms with Crippen LogP contribution < -0.4 is 20.1 Å². The number of aliphatic hydroxyl groups excluding tert-OH is 1. The summed E-state index contributed by atoms with van der Waals surface area (Å²) >= 11 is 0. The highest BCUT2D eigenvalue weighted by atomic mass is 16.5. The Hall–Kier alpha value is -2.91. The molecule has 1 unspecified atom stereocenters. The summed E-state index contributed by atoms with van der Waals surface area (Å²) in [5.41, 5.74) is 2.48. The lowest BCUT2D eigenvalue weighted by Crippen LogP contribution is -2.47. The second-order valence-electron chi connectivity index (χ2n) is 10.6. The third-order valence-corrected chi connectivity index (χ3v) is 7.80. The van der Waals surface area contributed by atoms with Crippen LogP contribution in [0.25, 0.3) is 0 Å². The SMILES string of the molecule is COc1ccc(C(=O)NC[C@@H]2CCN(CCCCNc3nccnc3C)C[C@H]2O)c2c1OCCCCC2C. The largest absolute Gasteiger partial charge is 0.493 e. The van der Waals surface area contributed by atoms with Crippen LogP contribution in [0.1, 0.15) is 73.0 Å². The number of unbranched alkanes of at least 4 members (excludes halogenated alkanes) is 1. The van der Waals surface area contributed by atoms with Gasteiger partial charge in [0.25, 0.3) is 5.91 Å². The van der Waals surface area contributed by atoms with Crippen LogP contribution in [-0.2, 0) is 0 Å². The Balaban J connectivity index is 1.24. The first-order valence-corrected chi connectivity index (χ1v) is 14.0. The van der Waals surface area contributed by atoms with Crippen LogP contribution in [-0.4, -0.2) is 78.4 Å². The lowest BCUT2D eigenvalue weighted by atomic mass is 9.88. The van der Waals surface area contributed by atoms with Gasteiger partial charge in [0.2, 0.25) is 0 Å². The number of ether oxygens (including phenoxy) is 2. The fourth-order valence-corrected chi connectivity index (χ4v) is 5.50. The summed E-state index contributed by atoms with van der Waals surface area (Å²) in [5.74, 6) is 2.35. The number of hydrogen-bond acceptors (Lipinski definition) is 8. The molecule has 0 bridgehead atoms. The van der Waals surface area contributed by atoms with Crippen molar-refractivity contribution in [1.82, 2.24) is 20.2 Å². The van der Waals surface area contributed by atoms with E-state index in [1.807, 2.05) is 19.1 Å². The van der Waals surface area contributed by atoms with E-state index < -0.39 is 6.10 Å². The summed E-state index contributed by atoms with van der Waals surface area (Å²) < 4.78 is 11.6. The maximum atomic E-state index is 13.3. The Morgan fingerprint density at radius 2 is 2.05 bits per heavy atom. The molecule has 3 heterocycles. The lowest BCUT2D eigenvalue weighted by Gasteiger charge is -2.36. The van der Waals surface area contributed by atoms with E-state index in [2.05, 4.69) is 32.4 Å². The Bertz CT molecular complexity index is 1070. The van der Waals surface area contributed by atoms with E-state index in [4.69, 9.17) is 9.47 Å². The number of amides is 1. The number of carbonyl (C=O) groups excluding carboxylic acids is 1. The standard InChI is InChI=1S/C29H43N5O4/c1-20-8-4-7-17-38-27-25(37-3)10-9-23(26(20)27)29(36)33-18-22-11-16-34(19-24(22)35)15-6-5-12-31-28-21(2)30-13-14-32-28/h9-10,13-14,20,22,24,35H,4-8,11-12,15-19H2,1-3H3,(H,31,32)(H,33,36)/t20?,22-,24+/m0/s1. The molecule has 2 aromatic rings. The molecule has 9 nitrogen and oxygen atoms in total. The number of carbonyl (C=O) groups is 1. The van der Waals surface area contributed by atoms with Crippen LogP contribution in [0.4, 0.5) is 5.82 Å². The number of aromatic nitrogens is 2. The lowest BCUT2D eigenvalue weighted by molar-refractivity contribution is 0.0217. The molecule has 1 fully saturated rings. The molecular formula is C29H43N5O4. The number of fused-ring (bicyclic) bond motifs is 1. The van der Waals surface area contributed by atoms with Gasteiger partial charge in [-0.2, -0.15) is 0 Å². The van der Waals surface area contributed by atoms with Crippen molar-refractivity contribution in [2.24, 2.45) is 5.92 Å². The highest BCUT2D eigenvalue weighted by molar-refractivity contribution is 5.97. The third-order valence-electron chi connectivity index (χ3n) is 7.80. The van der Waals surface area contributed by atoms with Gasteiger partial charge in [0.05, 0.1) is 25.5 Å². The maximum Gasteiger partial charge on any atom is 0.251 e. The molecular weight excluding hydrogens is 482 g/mol. The molecule has 2 aliphatic heterocycles. The molecule has 208 valence electrons. The zero-order chi connectivity index (χ0) is 26.9. The van der Waals surface area contributed by atoms with Crippen LogP contribution >= 0.6 is 0 Å². The topological polar surface area (TPSA) is 109 Å². The van der Waals surface area contributed by atoms with Crippen molar-refractivity contribution >= 4 is 11.7 Å². The van der Waals surface area contributed by atoms with Crippen LogP contribution in [0, 0.1) is 12.8 Å². The molecule has 2 aliphatic rings. The van der Waals surface area contributed by atoms with Crippen molar-refractivity contribution in [2.45, 2.75) is 64.4 Å². The molecule has 38 heavy (non-hydrogen) atoms. The van der Waals surface area contributed by atoms with Crippen LogP contribution in [0.15, 0.2) is 24.5 Å². The molecule has 9 heteroatoms. The molecule has 0 saturated carbocycles. The van der Waals surface area contributed by atoms with Crippen molar-refractivity contribution in [3.05, 3.63) is 41.3 Å². The summed E-state index contributed by atoms with van der Waals surface area (Å²) in [6.07, 6.45) is 8.95. The van der Waals surface area contributed by atoms with Gasteiger partial charge in [-0.3, -0.25) is 9.78 Å². The Morgan fingerprint density at radius 3 is 2.84 bits per heavy atom. The minimum Gasteiger partial charge on any atom is -0.493 e. The third kappa shape index (κ3) is 7.14. The highest BCUT2D eigenvalue weighted by Crippen LogP contribution is 2.41. The van der Waals surface area contributed by atoms with Gasteiger partial charge in [0.15, 0.2) is 11.5 Å².